The number of aliphatic hydroxyl groups is 4. The second-order valence-corrected chi connectivity index (χ2v) is 7.63. The fourth-order valence-electron chi connectivity index (χ4n) is 3.81. The lowest BCUT2D eigenvalue weighted by Gasteiger charge is -2.44. The quantitative estimate of drug-likeness (QED) is 0.227. The number of aliphatic hydroxyl groups excluding tert-OH is 4. The molecule has 10 heteroatoms. The Kier molecular flexibility index (Phi) is 7.86. The van der Waals surface area contributed by atoms with E-state index in [0.29, 0.717) is 18.6 Å². The first-order valence-corrected chi connectivity index (χ1v) is 10.2. The Morgan fingerprint density at radius 1 is 1.23 bits per heavy atom. The summed E-state index contributed by atoms with van der Waals surface area (Å²) in [7, 11) is 0. The largest absolute Gasteiger partial charge is 0.471 e. The van der Waals surface area contributed by atoms with Gasteiger partial charge in [0.15, 0.2) is 6.29 Å². The topological polar surface area (TPSA) is 144 Å². The zero-order chi connectivity index (χ0) is 21.8. The smallest absolute Gasteiger partial charge is 0.339 e. The Balaban J connectivity index is 1.71. The number of cyclic esters (lactones) is 1. The zero-order valence-corrected chi connectivity index (χ0v) is 16.8. The van der Waals surface area contributed by atoms with Crippen molar-refractivity contribution in [3.63, 3.8) is 0 Å². The van der Waals surface area contributed by atoms with Crippen LogP contribution in [0.3, 0.4) is 0 Å². The highest BCUT2D eigenvalue weighted by atomic mass is 16.8. The van der Waals surface area contributed by atoms with E-state index in [-0.39, 0.29) is 5.92 Å². The van der Waals surface area contributed by atoms with Crippen LogP contribution < -0.4 is 0 Å². The SMILES string of the molecule is C=C[C@H]1[C@H](O[C@@H]2O[C@H](CO)[C@@H](O)[C@H](O)[C@H]2O)OC=C2C(=O)OC(OCCCC)C[C@H]21. The number of fused-ring (bicyclic) bond motifs is 1. The Bertz CT molecular complexity index is 635. The highest BCUT2D eigenvalue weighted by Gasteiger charge is 2.49. The van der Waals surface area contributed by atoms with Crippen molar-refractivity contribution < 1.29 is 48.9 Å². The van der Waals surface area contributed by atoms with E-state index in [2.05, 4.69) is 6.58 Å². The van der Waals surface area contributed by atoms with Crippen molar-refractivity contribution in [1.82, 2.24) is 0 Å². The number of carbonyl (C=O) groups excluding carboxylic acids is 1. The molecule has 0 amide bonds. The summed E-state index contributed by atoms with van der Waals surface area (Å²) in [5, 5.41) is 39.4. The van der Waals surface area contributed by atoms with Crippen LogP contribution in [-0.4, -0.2) is 82.9 Å². The van der Waals surface area contributed by atoms with Crippen LogP contribution in [-0.2, 0) is 28.5 Å². The summed E-state index contributed by atoms with van der Waals surface area (Å²) >= 11 is 0. The number of hydrogen-bond acceptors (Lipinski definition) is 10. The number of hydrogen-bond donors (Lipinski definition) is 4. The normalized spacial score (nSPS) is 41.3. The van der Waals surface area contributed by atoms with Crippen molar-refractivity contribution in [2.24, 2.45) is 11.8 Å². The summed E-state index contributed by atoms with van der Waals surface area (Å²) in [5.74, 6) is -1.38. The highest BCUT2D eigenvalue weighted by molar-refractivity contribution is 5.89. The van der Waals surface area contributed by atoms with Crippen LogP contribution in [0.2, 0.25) is 0 Å². The van der Waals surface area contributed by atoms with E-state index < -0.39 is 61.8 Å². The van der Waals surface area contributed by atoms with Crippen molar-refractivity contribution in [1.29, 1.82) is 0 Å². The van der Waals surface area contributed by atoms with Crippen molar-refractivity contribution >= 4 is 5.97 Å². The first kappa shape index (κ1) is 23.1. The van der Waals surface area contributed by atoms with Gasteiger partial charge in [0.1, 0.15) is 24.4 Å². The van der Waals surface area contributed by atoms with Gasteiger partial charge in [0.25, 0.3) is 0 Å². The number of carbonyl (C=O) groups is 1. The van der Waals surface area contributed by atoms with Gasteiger partial charge in [-0.3, -0.25) is 0 Å². The molecule has 0 bridgehead atoms. The summed E-state index contributed by atoms with van der Waals surface area (Å²) < 4.78 is 27.6. The van der Waals surface area contributed by atoms with Crippen LogP contribution >= 0.6 is 0 Å². The van der Waals surface area contributed by atoms with Crippen LogP contribution in [0.25, 0.3) is 0 Å². The molecule has 3 aliphatic heterocycles. The predicted octanol–water partition coefficient (Wildman–Crippen LogP) is -0.449. The lowest BCUT2D eigenvalue weighted by atomic mass is 9.80. The van der Waals surface area contributed by atoms with Crippen molar-refractivity contribution in [2.75, 3.05) is 13.2 Å². The molecule has 2 fully saturated rings. The molecule has 1 unspecified atom stereocenters. The monoisotopic (exact) mass is 430 g/mol. The second-order valence-electron chi connectivity index (χ2n) is 7.63. The fraction of sp³-hybridized carbons (Fsp3) is 0.750. The maximum Gasteiger partial charge on any atom is 0.339 e. The minimum atomic E-state index is -1.57. The number of rotatable bonds is 8. The Hall–Kier alpha value is -1.53. The molecule has 0 aromatic rings. The van der Waals surface area contributed by atoms with Gasteiger partial charge in [-0.1, -0.05) is 19.4 Å². The van der Waals surface area contributed by atoms with E-state index in [0.717, 1.165) is 12.8 Å². The molecular formula is C20H30O10. The van der Waals surface area contributed by atoms with E-state index in [1.54, 1.807) is 6.08 Å². The fourth-order valence-corrected chi connectivity index (χ4v) is 3.81. The van der Waals surface area contributed by atoms with Gasteiger partial charge in [-0.2, -0.15) is 0 Å². The van der Waals surface area contributed by atoms with Crippen molar-refractivity contribution in [3.8, 4) is 0 Å². The molecule has 10 nitrogen and oxygen atoms in total. The third kappa shape index (κ3) is 4.70. The third-order valence-corrected chi connectivity index (χ3v) is 5.62. The number of ether oxygens (including phenoxy) is 5. The summed E-state index contributed by atoms with van der Waals surface area (Å²) in [5.41, 5.74) is 0.337. The van der Waals surface area contributed by atoms with Gasteiger partial charge in [-0.05, 0) is 6.42 Å². The van der Waals surface area contributed by atoms with Crippen molar-refractivity contribution in [3.05, 3.63) is 24.5 Å². The van der Waals surface area contributed by atoms with Crippen LogP contribution in [0.4, 0.5) is 0 Å². The highest BCUT2D eigenvalue weighted by Crippen LogP contribution is 2.40. The maximum atomic E-state index is 12.4. The van der Waals surface area contributed by atoms with E-state index in [4.69, 9.17) is 23.7 Å². The van der Waals surface area contributed by atoms with Gasteiger partial charge in [-0.15, -0.1) is 6.58 Å². The van der Waals surface area contributed by atoms with E-state index in [1.807, 2.05) is 6.92 Å². The van der Waals surface area contributed by atoms with Gasteiger partial charge in [0.2, 0.25) is 12.6 Å². The molecule has 2 saturated heterocycles. The van der Waals surface area contributed by atoms with Crippen LogP contribution in [0, 0.1) is 11.8 Å². The molecule has 0 aromatic carbocycles. The molecule has 0 spiro atoms. The van der Waals surface area contributed by atoms with Gasteiger partial charge in [0, 0.05) is 18.3 Å². The average molecular weight is 430 g/mol. The van der Waals surface area contributed by atoms with E-state index >= 15 is 0 Å². The van der Waals surface area contributed by atoms with E-state index in [9.17, 15) is 25.2 Å². The molecule has 9 atom stereocenters. The lowest BCUT2D eigenvalue weighted by molar-refractivity contribution is -0.340. The van der Waals surface area contributed by atoms with Gasteiger partial charge >= 0.3 is 5.97 Å². The molecule has 0 saturated carbocycles. The summed E-state index contributed by atoms with van der Waals surface area (Å²) in [4.78, 5) is 12.4. The van der Waals surface area contributed by atoms with Gasteiger partial charge < -0.3 is 44.1 Å². The number of unbranched alkanes of at least 4 members (excludes halogenated alkanes) is 1. The molecule has 0 aromatic heterocycles. The Labute approximate surface area is 174 Å². The first-order chi connectivity index (χ1) is 14.4. The molecule has 3 rings (SSSR count). The first-order valence-electron chi connectivity index (χ1n) is 10.2. The molecular weight excluding hydrogens is 400 g/mol. The zero-order valence-electron chi connectivity index (χ0n) is 16.8. The Morgan fingerprint density at radius 3 is 2.67 bits per heavy atom. The second kappa shape index (κ2) is 10.2. The molecule has 0 radical (unpaired) electrons. The van der Waals surface area contributed by atoms with Crippen molar-refractivity contribution in [2.45, 2.75) is 69.5 Å². The molecule has 30 heavy (non-hydrogen) atoms. The molecule has 3 heterocycles. The minimum Gasteiger partial charge on any atom is -0.471 e. The molecule has 0 aliphatic carbocycles. The van der Waals surface area contributed by atoms with Crippen LogP contribution in [0.1, 0.15) is 26.2 Å². The predicted molar refractivity (Wildman–Crippen MR) is 100 cm³/mol. The minimum absolute atomic E-state index is 0.337. The van der Waals surface area contributed by atoms with Gasteiger partial charge in [-0.25, -0.2) is 4.79 Å². The lowest BCUT2D eigenvalue weighted by Crippen LogP contribution is -2.60. The summed E-state index contributed by atoms with van der Waals surface area (Å²) in [6.45, 7) is 5.74. The van der Waals surface area contributed by atoms with E-state index in [1.165, 1.54) is 6.26 Å². The molecule has 170 valence electrons. The maximum absolute atomic E-state index is 12.4. The standard InChI is InChI=1S/C20H30O10/c1-3-5-6-26-14-7-11-10(4-2)19(27-9-12(11)18(25)29-14)30-20-17(24)16(23)15(22)13(8-21)28-20/h4,9-11,13-17,19-24H,2-3,5-8H2,1H3/t10-,11+,13-,14?,15-,16+,17-,19+,20+/m1/s1. The average Bonchev–Trinajstić information content (AvgIpc) is 2.74. The summed E-state index contributed by atoms with van der Waals surface area (Å²) in [6.07, 6.45) is -3.77. The van der Waals surface area contributed by atoms with Crippen LogP contribution in [0.5, 0.6) is 0 Å². The Morgan fingerprint density at radius 2 is 2.00 bits per heavy atom. The number of esters is 1. The molecule has 4 N–H and O–H groups in total. The third-order valence-electron chi connectivity index (χ3n) is 5.62. The summed E-state index contributed by atoms with van der Waals surface area (Å²) in [6, 6.07) is 0. The van der Waals surface area contributed by atoms with Gasteiger partial charge in [0.05, 0.1) is 25.0 Å². The van der Waals surface area contributed by atoms with Crippen LogP contribution in [0.15, 0.2) is 24.5 Å². The molecule has 3 aliphatic rings.